The monoisotopic (exact) mass is 251 g/mol. The van der Waals surface area contributed by atoms with E-state index in [1.807, 2.05) is 6.92 Å². The third-order valence-corrected chi connectivity index (χ3v) is 3.90. The lowest BCUT2D eigenvalue weighted by atomic mass is 10.2. The third kappa shape index (κ3) is 6.76. The lowest BCUT2D eigenvalue weighted by Crippen LogP contribution is -2.34. The molecule has 0 fully saturated rings. The molecule has 0 aliphatic carbocycles. The molecular weight excluding hydrogens is 230 g/mol. The molecule has 96 valence electrons. The van der Waals surface area contributed by atoms with Crippen LogP contribution in [0.15, 0.2) is 0 Å². The van der Waals surface area contributed by atoms with Crippen LogP contribution in [0.1, 0.15) is 19.8 Å². The number of nitrogens with one attached hydrogen (secondary N) is 1. The first-order valence-electron chi connectivity index (χ1n) is 5.18. The van der Waals surface area contributed by atoms with E-state index in [0.717, 1.165) is 4.31 Å². The van der Waals surface area contributed by atoms with Crippen molar-refractivity contribution in [2.45, 2.75) is 25.8 Å². The molecule has 0 radical (unpaired) electrons. The SMILES string of the molecule is CC(N)CCC(=O)NCCS(=O)(=O)N(C)C. The molecule has 0 rings (SSSR count). The average Bonchev–Trinajstić information content (AvgIpc) is 2.14. The second-order valence-electron chi connectivity index (χ2n) is 3.96. The Hall–Kier alpha value is -0.660. The van der Waals surface area contributed by atoms with Crippen LogP contribution in [0, 0.1) is 0 Å². The summed E-state index contributed by atoms with van der Waals surface area (Å²) in [6.45, 7) is 1.96. The van der Waals surface area contributed by atoms with Gasteiger partial charge in [-0.1, -0.05) is 0 Å². The lowest BCUT2D eigenvalue weighted by Gasteiger charge is -2.11. The van der Waals surface area contributed by atoms with Gasteiger partial charge in [0.25, 0.3) is 0 Å². The van der Waals surface area contributed by atoms with E-state index >= 15 is 0 Å². The van der Waals surface area contributed by atoms with E-state index in [1.165, 1.54) is 14.1 Å². The zero-order valence-electron chi connectivity index (χ0n) is 10.1. The van der Waals surface area contributed by atoms with Crippen LogP contribution in [0.25, 0.3) is 0 Å². The molecule has 0 aromatic rings. The van der Waals surface area contributed by atoms with Gasteiger partial charge in [0.15, 0.2) is 0 Å². The topological polar surface area (TPSA) is 92.5 Å². The van der Waals surface area contributed by atoms with Crippen molar-refractivity contribution in [3.05, 3.63) is 0 Å². The highest BCUT2D eigenvalue weighted by Crippen LogP contribution is 1.94. The fourth-order valence-corrected chi connectivity index (χ4v) is 1.67. The minimum absolute atomic E-state index is 0.0174. The van der Waals surface area contributed by atoms with Gasteiger partial charge in [0.2, 0.25) is 15.9 Å². The quantitative estimate of drug-likeness (QED) is 0.614. The van der Waals surface area contributed by atoms with Gasteiger partial charge >= 0.3 is 0 Å². The predicted molar refractivity (Wildman–Crippen MR) is 63.4 cm³/mol. The summed E-state index contributed by atoms with van der Waals surface area (Å²) >= 11 is 0. The molecule has 16 heavy (non-hydrogen) atoms. The van der Waals surface area contributed by atoms with E-state index in [0.29, 0.717) is 12.8 Å². The molecule has 1 unspecified atom stereocenters. The van der Waals surface area contributed by atoms with E-state index in [2.05, 4.69) is 5.32 Å². The largest absolute Gasteiger partial charge is 0.355 e. The molecule has 0 aliphatic heterocycles. The summed E-state index contributed by atoms with van der Waals surface area (Å²) in [6, 6.07) is -0.0174. The van der Waals surface area contributed by atoms with Crippen LogP contribution in [0.3, 0.4) is 0 Å². The first kappa shape index (κ1) is 15.3. The number of nitrogens with zero attached hydrogens (tertiary/aromatic N) is 1. The van der Waals surface area contributed by atoms with Crippen molar-refractivity contribution in [2.75, 3.05) is 26.4 Å². The fourth-order valence-electron chi connectivity index (χ4n) is 0.949. The summed E-state index contributed by atoms with van der Waals surface area (Å²) in [4.78, 5) is 11.2. The van der Waals surface area contributed by atoms with Crippen molar-refractivity contribution >= 4 is 15.9 Å². The van der Waals surface area contributed by atoms with Crippen molar-refractivity contribution in [2.24, 2.45) is 5.73 Å². The highest BCUT2D eigenvalue weighted by molar-refractivity contribution is 7.89. The number of nitrogens with two attached hydrogens (primary N) is 1. The zero-order chi connectivity index (χ0) is 12.8. The van der Waals surface area contributed by atoms with Crippen molar-refractivity contribution in [3.8, 4) is 0 Å². The molecule has 0 spiro atoms. The average molecular weight is 251 g/mol. The molecule has 0 bridgehead atoms. The molecule has 6 nitrogen and oxygen atoms in total. The lowest BCUT2D eigenvalue weighted by molar-refractivity contribution is -0.121. The van der Waals surface area contributed by atoms with E-state index in [9.17, 15) is 13.2 Å². The smallest absolute Gasteiger partial charge is 0.220 e. The molecule has 0 heterocycles. The molecule has 1 atom stereocenters. The van der Waals surface area contributed by atoms with Gasteiger partial charge in [-0.05, 0) is 13.3 Å². The Morgan fingerprint density at radius 3 is 2.44 bits per heavy atom. The Morgan fingerprint density at radius 1 is 1.44 bits per heavy atom. The van der Waals surface area contributed by atoms with Gasteiger partial charge in [-0.3, -0.25) is 4.79 Å². The van der Waals surface area contributed by atoms with Gasteiger partial charge < -0.3 is 11.1 Å². The van der Waals surface area contributed by atoms with E-state index in [-0.39, 0.29) is 24.2 Å². The van der Waals surface area contributed by atoms with Crippen LogP contribution in [0.4, 0.5) is 0 Å². The van der Waals surface area contributed by atoms with E-state index < -0.39 is 10.0 Å². The molecule has 0 saturated heterocycles. The normalized spacial score (nSPS) is 13.8. The summed E-state index contributed by atoms with van der Waals surface area (Å²) in [5.74, 6) is -0.240. The highest BCUT2D eigenvalue weighted by Gasteiger charge is 2.13. The standard InChI is InChI=1S/C9H21N3O3S/c1-8(10)4-5-9(13)11-6-7-16(14,15)12(2)3/h8H,4-7,10H2,1-3H3,(H,11,13). The van der Waals surface area contributed by atoms with Gasteiger partial charge in [-0.2, -0.15) is 0 Å². The summed E-state index contributed by atoms with van der Waals surface area (Å²) in [6.07, 6.45) is 0.936. The Kier molecular flexibility index (Phi) is 6.54. The highest BCUT2D eigenvalue weighted by atomic mass is 32.2. The number of carbonyl (C=O) groups is 1. The summed E-state index contributed by atoms with van der Waals surface area (Å²) < 4.78 is 23.8. The molecule has 3 N–H and O–H groups in total. The second kappa shape index (κ2) is 6.82. The van der Waals surface area contributed by atoms with Gasteiger partial charge in [0.1, 0.15) is 0 Å². The minimum Gasteiger partial charge on any atom is -0.355 e. The second-order valence-corrected chi connectivity index (χ2v) is 6.27. The van der Waals surface area contributed by atoms with Crippen molar-refractivity contribution in [1.82, 2.24) is 9.62 Å². The van der Waals surface area contributed by atoms with Crippen LogP contribution in [-0.4, -0.2) is 51.1 Å². The van der Waals surface area contributed by atoms with Crippen LogP contribution in [-0.2, 0) is 14.8 Å². The number of amides is 1. The van der Waals surface area contributed by atoms with Crippen molar-refractivity contribution in [3.63, 3.8) is 0 Å². The summed E-state index contributed by atoms with van der Waals surface area (Å²) in [5.41, 5.74) is 5.50. The summed E-state index contributed by atoms with van der Waals surface area (Å²) in [5, 5.41) is 2.55. The molecule has 0 aromatic carbocycles. The Bertz CT molecular complexity index is 312. The molecule has 0 aliphatic rings. The van der Waals surface area contributed by atoms with E-state index in [4.69, 9.17) is 5.73 Å². The van der Waals surface area contributed by atoms with Gasteiger partial charge in [0.05, 0.1) is 5.75 Å². The van der Waals surface area contributed by atoms with Crippen molar-refractivity contribution < 1.29 is 13.2 Å². The minimum atomic E-state index is -3.23. The molecule has 1 amide bonds. The van der Waals surface area contributed by atoms with Crippen LogP contribution < -0.4 is 11.1 Å². The molecule has 0 saturated carbocycles. The van der Waals surface area contributed by atoms with E-state index in [1.54, 1.807) is 0 Å². The number of sulfonamides is 1. The molecular formula is C9H21N3O3S. The maximum absolute atomic E-state index is 11.3. The van der Waals surface area contributed by atoms with Gasteiger partial charge in [-0.25, -0.2) is 12.7 Å². The maximum Gasteiger partial charge on any atom is 0.220 e. The Morgan fingerprint density at radius 2 is 2.00 bits per heavy atom. The fraction of sp³-hybridized carbons (Fsp3) is 0.889. The zero-order valence-corrected chi connectivity index (χ0v) is 10.9. The Labute approximate surface area is 97.2 Å². The third-order valence-electron chi connectivity index (χ3n) is 2.07. The van der Waals surface area contributed by atoms with Gasteiger partial charge in [-0.15, -0.1) is 0 Å². The maximum atomic E-state index is 11.3. The van der Waals surface area contributed by atoms with Gasteiger partial charge in [0, 0.05) is 33.1 Å². The van der Waals surface area contributed by atoms with Crippen LogP contribution >= 0.6 is 0 Å². The van der Waals surface area contributed by atoms with Crippen molar-refractivity contribution in [1.29, 1.82) is 0 Å². The predicted octanol–water partition coefficient (Wildman–Crippen LogP) is -0.879. The molecule has 0 aromatic heterocycles. The number of rotatable bonds is 7. The van der Waals surface area contributed by atoms with Crippen LogP contribution in [0.5, 0.6) is 0 Å². The first-order valence-corrected chi connectivity index (χ1v) is 6.79. The number of hydrogen-bond acceptors (Lipinski definition) is 4. The number of hydrogen-bond donors (Lipinski definition) is 2. The number of carbonyl (C=O) groups excluding carboxylic acids is 1. The Balaban J connectivity index is 3.79. The molecule has 7 heteroatoms. The summed E-state index contributed by atoms with van der Waals surface area (Å²) in [7, 11) is -0.300. The first-order chi connectivity index (χ1) is 7.25. The van der Waals surface area contributed by atoms with Crippen LogP contribution in [0.2, 0.25) is 0 Å².